The van der Waals surface area contributed by atoms with Gasteiger partial charge in [0, 0.05) is 10.6 Å². The fourth-order valence-electron chi connectivity index (χ4n) is 1.26. The van der Waals surface area contributed by atoms with Gasteiger partial charge in [-0.25, -0.2) is 4.98 Å². The largest absolute Gasteiger partial charge is 0.508 e. The van der Waals surface area contributed by atoms with Gasteiger partial charge in [-0.15, -0.1) is 11.8 Å². The van der Waals surface area contributed by atoms with Gasteiger partial charge < -0.3 is 5.11 Å². The number of thioether (sulfide) groups is 1. The van der Waals surface area contributed by atoms with Crippen LogP contribution in [0.25, 0.3) is 0 Å². The highest BCUT2D eigenvalue weighted by Crippen LogP contribution is 2.25. The maximum absolute atomic E-state index is 9.30. The Morgan fingerprint density at radius 3 is 2.75 bits per heavy atom. The van der Waals surface area contributed by atoms with Gasteiger partial charge in [0.05, 0.1) is 5.69 Å². The van der Waals surface area contributed by atoms with Crippen molar-refractivity contribution in [2.75, 3.05) is 0 Å². The van der Waals surface area contributed by atoms with Crippen LogP contribution < -0.4 is 0 Å². The smallest absolute Gasteiger partial charge is 0.129 e. The molecule has 0 unspecified atom stereocenters. The Kier molecular flexibility index (Phi) is 3.70. The topological polar surface area (TPSA) is 33.1 Å². The number of aromatic nitrogens is 1. The molecule has 0 aliphatic carbocycles. The van der Waals surface area contributed by atoms with Crippen molar-refractivity contribution in [3.63, 3.8) is 0 Å². The van der Waals surface area contributed by atoms with Crippen LogP contribution in [-0.4, -0.2) is 10.1 Å². The van der Waals surface area contributed by atoms with Crippen LogP contribution in [0.2, 0.25) is 5.15 Å². The third kappa shape index (κ3) is 3.15. The normalized spacial score (nSPS) is 10.3. The van der Waals surface area contributed by atoms with E-state index >= 15 is 0 Å². The first kappa shape index (κ1) is 11.3. The molecule has 0 saturated heterocycles. The fraction of sp³-hybridized carbons (Fsp3) is 0.0833. The number of halogens is 1. The molecular formula is C12H10ClNOS. The minimum atomic E-state index is 0.282. The van der Waals surface area contributed by atoms with Gasteiger partial charge in [0.2, 0.25) is 0 Å². The second kappa shape index (κ2) is 5.23. The first-order valence-corrected chi connectivity index (χ1v) is 6.14. The average Bonchev–Trinajstić information content (AvgIpc) is 2.27. The molecule has 0 atom stereocenters. The maximum Gasteiger partial charge on any atom is 0.129 e. The maximum atomic E-state index is 9.30. The summed E-state index contributed by atoms with van der Waals surface area (Å²) in [6.45, 7) is 0. The van der Waals surface area contributed by atoms with Crippen LogP contribution in [0.3, 0.4) is 0 Å². The molecular weight excluding hydrogens is 242 g/mol. The molecule has 2 nitrogen and oxygen atoms in total. The molecule has 16 heavy (non-hydrogen) atoms. The predicted molar refractivity (Wildman–Crippen MR) is 66.9 cm³/mol. The Labute approximate surface area is 103 Å². The number of phenols is 1. The van der Waals surface area contributed by atoms with Gasteiger partial charge in [0.25, 0.3) is 0 Å². The van der Waals surface area contributed by atoms with Gasteiger partial charge in [0.15, 0.2) is 0 Å². The lowest BCUT2D eigenvalue weighted by molar-refractivity contribution is 0.474. The quantitative estimate of drug-likeness (QED) is 0.667. The molecule has 1 heterocycles. The minimum Gasteiger partial charge on any atom is -0.508 e. The van der Waals surface area contributed by atoms with Crippen LogP contribution in [0, 0.1) is 0 Å². The number of benzene rings is 1. The number of pyridine rings is 1. The summed E-state index contributed by atoms with van der Waals surface area (Å²) in [5.74, 6) is 1.02. The van der Waals surface area contributed by atoms with E-state index < -0.39 is 0 Å². The zero-order chi connectivity index (χ0) is 11.4. The zero-order valence-electron chi connectivity index (χ0n) is 8.43. The fourth-order valence-corrected chi connectivity index (χ4v) is 2.30. The van der Waals surface area contributed by atoms with E-state index in [4.69, 9.17) is 11.6 Å². The van der Waals surface area contributed by atoms with Gasteiger partial charge in [0.1, 0.15) is 10.9 Å². The summed E-state index contributed by atoms with van der Waals surface area (Å²) in [6.07, 6.45) is 0. The number of phenolic OH excluding ortho intramolecular Hbond substituents is 1. The van der Waals surface area contributed by atoms with Crippen LogP contribution in [-0.2, 0) is 5.75 Å². The number of rotatable bonds is 3. The van der Waals surface area contributed by atoms with Crippen molar-refractivity contribution in [3.05, 3.63) is 53.3 Å². The zero-order valence-corrected chi connectivity index (χ0v) is 10.0. The summed E-state index contributed by atoms with van der Waals surface area (Å²) in [5, 5.41) is 9.81. The third-order valence-electron chi connectivity index (χ3n) is 1.98. The number of aromatic hydroxyl groups is 1. The lowest BCUT2D eigenvalue weighted by Gasteiger charge is -2.02. The van der Waals surface area contributed by atoms with E-state index in [1.807, 2.05) is 24.3 Å². The van der Waals surface area contributed by atoms with Crippen molar-refractivity contribution in [2.45, 2.75) is 10.6 Å². The minimum absolute atomic E-state index is 0.282. The monoisotopic (exact) mass is 251 g/mol. The van der Waals surface area contributed by atoms with Gasteiger partial charge in [-0.3, -0.25) is 0 Å². The molecule has 0 radical (unpaired) electrons. The molecule has 1 aromatic carbocycles. The SMILES string of the molecule is Oc1cccc(SCc2cccc(Cl)n2)c1. The molecule has 0 saturated carbocycles. The van der Waals surface area contributed by atoms with Crippen molar-refractivity contribution in [1.29, 1.82) is 0 Å². The lowest BCUT2D eigenvalue weighted by atomic mass is 10.3. The van der Waals surface area contributed by atoms with Crippen LogP contribution in [0.5, 0.6) is 5.75 Å². The molecule has 2 rings (SSSR count). The summed E-state index contributed by atoms with van der Waals surface area (Å²) < 4.78 is 0. The molecule has 0 aliphatic rings. The van der Waals surface area contributed by atoms with Crippen molar-refractivity contribution in [3.8, 4) is 5.75 Å². The molecule has 0 bridgehead atoms. The molecule has 1 N–H and O–H groups in total. The van der Waals surface area contributed by atoms with Crippen molar-refractivity contribution in [2.24, 2.45) is 0 Å². The Morgan fingerprint density at radius 1 is 1.19 bits per heavy atom. The van der Waals surface area contributed by atoms with E-state index in [2.05, 4.69) is 4.98 Å². The van der Waals surface area contributed by atoms with Crippen LogP contribution >= 0.6 is 23.4 Å². The van der Waals surface area contributed by atoms with Crippen molar-refractivity contribution < 1.29 is 5.11 Å². The van der Waals surface area contributed by atoms with Crippen LogP contribution in [0.4, 0.5) is 0 Å². The van der Waals surface area contributed by atoms with E-state index in [0.717, 1.165) is 16.3 Å². The second-order valence-electron chi connectivity index (χ2n) is 3.24. The van der Waals surface area contributed by atoms with E-state index in [0.29, 0.717) is 5.15 Å². The summed E-state index contributed by atoms with van der Waals surface area (Å²) >= 11 is 7.41. The highest BCUT2D eigenvalue weighted by molar-refractivity contribution is 7.98. The predicted octanol–water partition coefficient (Wildman–Crippen LogP) is 3.73. The van der Waals surface area contributed by atoms with E-state index in [9.17, 15) is 5.11 Å². The number of hydrogen-bond acceptors (Lipinski definition) is 3. The third-order valence-corrected chi connectivity index (χ3v) is 3.21. The molecule has 0 spiro atoms. The Morgan fingerprint density at radius 2 is 2.00 bits per heavy atom. The first-order valence-electron chi connectivity index (χ1n) is 4.77. The van der Waals surface area contributed by atoms with E-state index in [-0.39, 0.29) is 5.75 Å². The number of nitrogens with zero attached hydrogens (tertiary/aromatic N) is 1. The first-order chi connectivity index (χ1) is 7.74. The molecule has 82 valence electrons. The summed E-state index contributed by atoms with van der Waals surface area (Å²) in [7, 11) is 0. The highest BCUT2D eigenvalue weighted by atomic mass is 35.5. The van der Waals surface area contributed by atoms with Gasteiger partial charge in [-0.2, -0.15) is 0 Å². The summed E-state index contributed by atoms with van der Waals surface area (Å²) in [4.78, 5) is 5.21. The summed E-state index contributed by atoms with van der Waals surface area (Å²) in [5.41, 5.74) is 0.931. The van der Waals surface area contributed by atoms with Crippen molar-refractivity contribution in [1.82, 2.24) is 4.98 Å². The van der Waals surface area contributed by atoms with Crippen LogP contribution in [0.1, 0.15) is 5.69 Å². The molecule has 2 aromatic rings. The Hall–Kier alpha value is -1.19. The van der Waals surface area contributed by atoms with Gasteiger partial charge in [-0.1, -0.05) is 23.7 Å². The molecule has 0 amide bonds. The second-order valence-corrected chi connectivity index (χ2v) is 4.67. The van der Waals surface area contributed by atoms with Crippen LogP contribution in [0.15, 0.2) is 47.4 Å². The van der Waals surface area contributed by atoms with E-state index in [1.165, 1.54) is 0 Å². The lowest BCUT2D eigenvalue weighted by Crippen LogP contribution is -1.86. The average molecular weight is 252 g/mol. The summed E-state index contributed by atoms with van der Waals surface area (Å²) in [6, 6.07) is 12.7. The van der Waals surface area contributed by atoms with Gasteiger partial charge in [-0.05, 0) is 30.3 Å². The molecule has 4 heteroatoms. The standard InChI is InChI=1S/C12H10ClNOS/c13-12-6-1-3-9(14-12)8-16-11-5-2-4-10(15)7-11/h1-7,15H,8H2. The molecule has 0 fully saturated rings. The Balaban J connectivity index is 2.02. The highest BCUT2D eigenvalue weighted by Gasteiger charge is 1.99. The molecule has 0 aliphatic heterocycles. The number of hydrogen-bond donors (Lipinski definition) is 1. The Bertz CT molecular complexity index is 444. The molecule has 1 aromatic heterocycles. The van der Waals surface area contributed by atoms with Gasteiger partial charge >= 0.3 is 0 Å². The van der Waals surface area contributed by atoms with E-state index in [1.54, 1.807) is 30.0 Å². The van der Waals surface area contributed by atoms with Crippen molar-refractivity contribution >= 4 is 23.4 Å².